The van der Waals surface area contributed by atoms with Crippen LogP contribution in [-0.4, -0.2) is 11.4 Å². The molecule has 1 heterocycles. The Balaban J connectivity index is 2.94. The number of aromatic nitrogens is 2. The molecule has 0 atom stereocenters. The summed E-state index contributed by atoms with van der Waals surface area (Å²) in [5.41, 5.74) is 0.0463. The number of nitrogens with zero attached hydrogens (tertiary/aromatic N) is 2. The number of rotatable bonds is 1. The van der Waals surface area contributed by atoms with Crippen molar-refractivity contribution in [2.75, 3.05) is 0 Å². The summed E-state index contributed by atoms with van der Waals surface area (Å²) < 4.78 is 4.02. The highest BCUT2D eigenvalue weighted by molar-refractivity contribution is 5.68. The minimum Gasteiger partial charge on any atom is -0.625 e. The van der Waals surface area contributed by atoms with Crippen LogP contribution in [0.2, 0.25) is 0 Å². The average Bonchev–Trinajstić information content (AvgIpc) is 2.18. The van der Waals surface area contributed by atoms with Gasteiger partial charge >= 0.3 is 0 Å². The number of nitrogens with one attached hydrogen (secondary N) is 1. The van der Waals surface area contributed by atoms with E-state index in [-0.39, 0.29) is 10.6 Å². The maximum Gasteiger partial charge on any atom is 0.282 e. The van der Waals surface area contributed by atoms with Crippen LogP contribution in [0.1, 0.15) is 5.69 Å². The van der Waals surface area contributed by atoms with Crippen LogP contribution in [0.15, 0.2) is 10.8 Å². The first kappa shape index (κ1) is 5.54. The molecular formula is C3H3N3O3. The normalized spacial score (nSPS) is 10.7. The Labute approximate surface area is 49.5 Å². The van der Waals surface area contributed by atoms with Gasteiger partial charge in [-0.3, -0.25) is 4.63 Å². The monoisotopic (exact) mass is 129 g/mol. The molecular weight excluding hydrogens is 126 g/mol. The minimum absolute atomic E-state index is 0.0463. The lowest BCUT2D eigenvalue weighted by atomic mass is 10.5. The molecule has 6 nitrogen and oxygen atoms in total. The number of hydrogen-bond donors (Lipinski definition) is 1. The second kappa shape index (κ2) is 2.12. The summed E-state index contributed by atoms with van der Waals surface area (Å²) in [6, 6.07) is 0. The zero-order valence-corrected chi connectivity index (χ0v) is 4.27. The molecule has 0 fully saturated rings. The van der Waals surface area contributed by atoms with Crippen LogP contribution in [0.4, 0.5) is 0 Å². The van der Waals surface area contributed by atoms with Crippen molar-refractivity contribution in [1.29, 1.82) is 0 Å². The molecule has 0 amide bonds. The van der Waals surface area contributed by atoms with Crippen LogP contribution in [0, 0.1) is 10.4 Å². The molecule has 0 aromatic carbocycles. The molecule has 1 rings (SSSR count). The van der Waals surface area contributed by atoms with E-state index in [4.69, 9.17) is 0 Å². The zero-order chi connectivity index (χ0) is 6.69. The fourth-order valence-electron chi connectivity index (χ4n) is 0.365. The van der Waals surface area contributed by atoms with Gasteiger partial charge in [0.25, 0.3) is 5.69 Å². The van der Waals surface area contributed by atoms with Gasteiger partial charge in [-0.15, -0.1) is 0 Å². The van der Waals surface area contributed by atoms with E-state index in [1.165, 1.54) is 5.16 Å². The van der Waals surface area contributed by atoms with Gasteiger partial charge in [-0.25, -0.2) is 5.16 Å². The fourth-order valence-corrected chi connectivity index (χ4v) is 0.365. The Morgan fingerprint density at radius 3 is 3.11 bits per heavy atom. The van der Waals surface area contributed by atoms with Crippen molar-refractivity contribution in [3.63, 3.8) is 0 Å². The molecule has 0 unspecified atom stereocenters. The summed E-state index contributed by atoms with van der Waals surface area (Å²) in [5, 5.41) is 24.4. The van der Waals surface area contributed by atoms with E-state index in [0.29, 0.717) is 0 Å². The van der Waals surface area contributed by atoms with Gasteiger partial charge in [0.1, 0.15) is 0 Å². The highest BCUT2D eigenvalue weighted by atomic mass is 16.8. The molecule has 0 aliphatic carbocycles. The fraction of sp³-hybridized carbons (Fsp3) is 0. The topological polar surface area (TPSA) is 90.0 Å². The van der Waals surface area contributed by atoms with Crippen molar-refractivity contribution in [1.82, 2.24) is 5.16 Å². The van der Waals surface area contributed by atoms with Gasteiger partial charge in [0.2, 0.25) is 12.4 Å². The number of hydrogen-bond acceptors (Lipinski definition) is 4. The van der Waals surface area contributed by atoms with E-state index in [9.17, 15) is 10.4 Å². The van der Waals surface area contributed by atoms with Crippen LogP contribution in [0.25, 0.3) is 0 Å². The molecule has 9 heavy (non-hydrogen) atoms. The largest absolute Gasteiger partial charge is 0.625 e. The molecule has 6 heteroatoms. The van der Waals surface area contributed by atoms with Crippen LogP contribution in [0.5, 0.6) is 0 Å². The van der Waals surface area contributed by atoms with Crippen LogP contribution < -0.4 is 10.1 Å². The van der Waals surface area contributed by atoms with E-state index < -0.39 is 0 Å². The third-order valence-corrected chi connectivity index (χ3v) is 0.724. The molecule has 0 bridgehead atoms. The van der Waals surface area contributed by atoms with Crippen LogP contribution >= 0.6 is 0 Å². The van der Waals surface area contributed by atoms with E-state index >= 15 is 0 Å². The van der Waals surface area contributed by atoms with Gasteiger partial charge in [-0.05, 0) is 4.90 Å². The first-order valence-electron chi connectivity index (χ1n) is 2.10. The summed E-state index contributed by atoms with van der Waals surface area (Å²) in [7, 11) is 0. The predicted octanol–water partition coefficient (Wildman–Crippen LogP) is -2.69. The highest BCUT2D eigenvalue weighted by Crippen LogP contribution is 1.76. The van der Waals surface area contributed by atoms with Crippen molar-refractivity contribution in [3.8, 4) is 0 Å². The second-order valence-corrected chi connectivity index (χ2v) is 1.26. The Bertz CT molecular complexity index is 218. The quantitative estimate of drug-likeness (QED) is 0.254. The Kier molecular flexibility index (Phi) is 1.31. The van der Waals surface area contributed by atoms with E-state index in [1.54, 1.807) is 0 Å². The lowest BCUT2D eigenvalue weighted by molar-refractivity contribution is -0.803. The molecule has 0 radical (unpaired) electrons. The molecule has 48 valence electrons. The maximum atomic E-state index is 10.3. The summed E-state index contributed by atoms with van der Waals surface area (Å²) in [6.45, 7) is 0. The van der Waals surface area contributed by atoms with Crippen molar-refractivity contribution >= 4 is 6.21 Å². The summed E-state index contributed by atoms with van der Waals surface area (Å²) >= 11 is 0. The van der Waals surface area contributed by atoms with E-state index in [1.807, 2.05) is 0 Å². The molecule has 0 aliphatic rings. The zero-order valence-electron chi connectivity index (χ0n) is 4.27. The average molecular weight is 129 g/mol. The van der Waals surface area contributed by atoms with Crippen molar-refractivity contribution in [2.24, 2.45) is 0 Å². The van der Waals surface area contributed by atoms with Crippen molar-refractivity contribution < 1.29 is 14.7 Å². The minimum atomic E-state index is 0.0463. The smallest absolute Gasteiger partial charge is 0.282 e. The first-order chi connectivity index (χ1) is 4.34. The van der Waals surface area contributed by atoms with E-state index in [0.717, 1.165) is 12.4 Å². The summed E-state index contributed by atoms with van der Waals surface area (Å²) in [5.74, 6) is 0. The maximum absolute atomic E-state index is 10.3. The molecule has 1 aromatic rings. The van der Waals surface area contributed by atoms with Gasteiger partial charge in [-0.1, -0.05) is 0 Å². The molecule has 0 saturated heterocycles. The molecule has 0 spiro atoms. The summed E-state index contributed by atoms with van der Waals surface area (Å²) in [4.78, 5) is 0.116. The Morgan fingerprint density at radius 1 is 1.89 bits per heavy atom. The van der Waals surface area contributed by atoms with Gasteiger partial charge < -0.3 is 10.4 Å². The standard InChI is InChI=1S/C3H3N3O3/c7-4-1-3-2-5-9-6(3)8/h1-2,4H. The van der Waals surface area contributed by atoms with Crippen molar-refractivity contribution in [3.05, 3.63) is 22.3 Å². The Hall–Kier alpha value is -1.59. The van der Waals surface area contributed by atoms with Gasteiger partial charge in [0.15, 0.2) is 0 Å². The van der Waals surface area contributed by atoms with Crippen LogP contribution in [-0.2, 0) is 0 Å². The van der Waals surface area contributed by atoms with Gasteiger partial charge in [-0.2, -0.15) is 0 Å². The third kappa shape index (κ3) is 0.958. The summed E-state index contributed by atoms with van der Waals surface area (Å²) in [6.07, 6.45) is 2.06. The first-order valence-corrected chi connectivity index (χ1v) is 2.10. The van der Waals surface area contributed by atoms with E-state index in [2.05, 4.69) is 9.79 Å². The molecule has 1 aromatic heterocycles. The molecule has 0 aliphatic heterocycles. The second-order valence-electron chi connectivity index (χ2n) is 1.26. The van der Waals surface area contributed by atoms with Crippen LogP contribution in [0.3, 0.4) is 0 Å². The third-order valence-electron chi connectivity index (χ3n) is 0.724. The van der Waals surface area contributed by atoms with Gasteiger partial charge in [0.05, 0.1) is 0 Å². The molecule has 0 saturated carbocycles. The highest BCUT2D eigenvalue weighted by Gasteiger charge is 2.03. The molecule has 1 N–H and O–H groups in total. The lowest BCUT2D eigenvalue weighted by Crippen LogP contribution is -2.61. The Morgan fingerprint density at radius 2 is 2.67 bits per heavy atom. The van der Waals surface area contributed by atoms with Crippen molar-refractivity contribution in [2.45, 2.75) is 0 Å². The lowest BCUT2D eigenvalue weighted by Gasteiger charge is -1.81. The van der Waals surface area contributed by atoms with Gasteiger partial charge in [0, 0.05) is 5.16 Å². The predicted molar refractivity (Wildman–Crippen MR) is 25.0 cm³/mol. The SMILES string of the molecule is [O-][NH+]=Cc1cno[n+]1[O-].